The zero-order valence-corrected chi connectivity index (χ0v) is 14.2. The topological polar surface area (TPSA) is 90.5 Å². The smallest absolute Gasteiger partial charge is 0.419 e. The predicted octanol–water partition coefficient (Wildman–Crippen LogP) is 1.98. The highest BCUT2D eigenvalue weighted by Crippen LogP contribution is 2.29. The fourth-order valence-corrected chi connectivity index (χ4v) is 3.50. The third-order valence-electron chi connectivity index (χ3n) is 4.80. The molecule has 0 spiro atoms. The highest BCUT2D eigenvalue weighted by molar-refractivity contribution is 5.88. The van der Waals surface area contributed by atoms with Crippen LogP contribution in [0.3, 0.4) is 0 Å². The first-order valence-corrected chi connectivity index (χ1v) is 8.53. The Bertz CT molecular complexity index is 829. The summed E-state index contributed by atoms with van der Waals surface area (Å²) >= 11 is 0. The normalized spacial score (nSPS) is 16.5. The van der Waals surface area contributed by atoms with Gasteiger partial charge in [0.1, 0.15) is 5.54 Å². The summed E-state index contributed by atoms with van der Waals surface area (Å²) in [6, 6.07) is 7.07. The van der Waals surface area contributed by atoms with Gasteiger partial charge in [0.05, 0.1) is 12.6 Å². The molecule has 1 aliphatic rings. The van der Waals surface area contributed by atoms with Crippen LogP contribution in [0.25, 0.3) is 11.1 Å². The Morgan fingerprint density at radius 1 is 1.24 bits per heavy atom. The summed E-state index contributed by atoms with van der Waals surface area (Å²) < 4.78 is 11.5. The maximum Gasteiger partial charge on any atom is 0.419 e. The second kappa shape index (κ2) is 7.13. The van der Waals surface area contributed by atoms with E-state index in [-0.39, 0.29) is 18.9 Å². The predicted molar refractivity (Wildman–Crippen MR) is 91.1 cm³/mol. The molecule has 0 saturated heterocycles. The average Bonchev–Trinajstić information content (AvgIpc) is 2.95. The SMILES string of the molecule is COC(=O)C1(NC(=O)CCn2c(=O)oc3ccccc32)CCCCC1. The van der Waals surface area contributed by atoms with Crippen LogP contribution in [-0.2, 0) is 20.9 Å². The maximum absolute atomic E-state index is 12.4. The van der Waals surface area contributed by atoms with E-state index in [4.69, 9.17) is 9.15 Å². The van der Waals surface area contributed by atoms with Crippen LogP contribution in [0.5, 0.6) is 0 Å². The van der Waals surface area contributed by atoms with Crippen LogP contribution >= 0.6 is 0 Å². The summed E-state index contributed by atoms with van der Waals surface area (Å²) in [5, 5.41) is 2.85. The van der Waals surface area contributed by atoms with Gasteiger partial charge in [0.2, 0.25) is 5.91 Å². The Balaban J connectivity index is 1.70. The number of amides is 1. The van der Waals surface area contributed by atoms with E-state index in [2.05, 4.69) is 5.32 Å². The third-order valence-corrected chi connectivity index (χ3v) is 4.80. The molecule has 0 unspecified atom stereocenters. The number of carbonyl (C=O) groups is 2. The van der Waals surface area contributed by atoms with Crippen molar-refractivity contribution in [2.75, 3.05) is 7.11 Å². The fourth-order valence-electron chi connectivity index (χ4n) is 3.50. The Hall–Kier alpha value is -2.57. The molecule has 7 heteroatoms. The van der Waals surface area contributed by atoms with Crippen molar-refractivity contribution in [3.63, 3.8) is 0 Å². The molecule has 7 nitrogen and oxygen atoms in total. The van der Waals surface area contributed by atoms with E-state index in [1.54, 1.807) is 18.2 Å². The van der Waals surface area contributed by atoms with Gasteiger partial charge in [-0.25, -0.2) is 9.59 Å². The van der Waals surface area contributed by atoms with Gasteiger partial charge in [0, 0.05) is 13.0 Å². The van der Waals surface area contributed by atoms with Crippen LogP contribution in [-0.4, -0.2) is 29.1 Å². The summed E-state index contributed by atoms with van der Waals surface area (Å²) in [5.41, 5.74) is 0.208. The van der Waals surface area contributed by atoms with Crippen LogP contribution < -0.4 is 11.1 Å². The van der Waals surface area contributed by atoms with Crippen LogP contribution in [0, 0.1) is 0 Å². The van der Waals surface area contributed by atoms with Crippen LogP contribution in [0.1, 0.15) is 38.5 Å². The number of rotatable bonds is 5. The lowest BCUT2D eigenvalue weighted by atomic mass is 9.81. The number of esters is 1. The molecule has 1 fully saturated rings. The Morgan fingerprint density at radius 2 is 1.96 bits per heavy atom. The summed E-state index contributed by atoms with van der Waals surface area (Å²) in [6.07, 6.45) is 4.05. The zero-order chi connectivity index (χ0) is 17.9. The number of hydrogen-bond donors (Lipinski definition) is 1. The van der Waals surface area contributed by atoms with Crippen molar-refractivity contribution in [2.24, 2.45) is 0 Å². The van der Waals surface area contributed by atoms with E-state index >= 15 is 0 Å². The third kappa shape index (κ3) is 3.45. The zero-order valence-electron chi connectivity index (χ0n) is 14.2. The number of oxazole rings is 1. The second-order valence-corrected chi connectivity index (χ2v) is 6.42. The number of nitrogens with zero attached hydrogens (tertiary/aromatic N) is 1. The van der Waals surface area contributed by atoms with Crippen molar-refractivity contribution in [2.45, 2.75) is 50.6 Å². The maximum atomic E-state index is 12.4. The first-order chi connectivity index (χ1) is 12.1. The van der Waals surface area contributed by atoms with Gasteiger partial charge >= 0.3 is 11.7 Å². The lowest BCUT2D eigenvalue weighted by Gasteiger charge is -2.35. The fraction of sp³-hybridized carbons (Fsp3) is 0.500. The molecule has 1 aromatic carbocycles. The van der Waals surface area contributed by atoms with Gasteiger partial charge in [-0.05, 0) is 25.0 Å². The van der Waals surface area contributed by atoms with Crippen molar-refractivity contribution in [3.05, 3.63) is 34.8 Å². The largest absolute Gasteiger partial charge is 0.467 e. The summed E-state index contributed by atoms with van der Waals surface area (Å²) in [6.45, 7) is 0.193. The van der Waals surface area contributed by atoms with Crippen molar-refractivity contribution in [1.82, 2.24) is 9.88 Å². The monoisotopic (exact) mass is 346 g/mol. The Kier molecular flexibility index (Phi) is 4.92. The van der Waals surface area contributed by atoms with Gasteiger partial charge in [-0.3, -0.25) is 9.36 Å². The number of methoxy groups -OCH3 is 1. The van der Waals surface area contributed by atoms with Gasteiger partial charge in [-0.15, -0.1) is 0 Å². The quantitative estimate of drug-likeness (QED) is 0.836. The van der Waals surface area contributed by atoms with Crippen molar-refractivity contribution in [3.8, 4) is 0 Å². The molecule has 1 aliphatic carbocycles. The molecule has 134 valence electrons. The van der Waals surface area contributed by atoms with Crippen LogP contribution in [0.4, 0.5) is 0 Å². The molecule has 1 heterocycles. The molecule has 0 aliphatic heterocycles. The molecule has 0 atom stereocenters. The number of hydrogen-bond acceptors (Lipinski definition) is 5. The number of nitrogens with one attached hydrogen (secondary N) is 1. The number of aryl methyl sites for hydroxylation is 1. The number of benzene rings is 1. The molecule has 3 rings (SSSR count). The molecule has 1 amide bonds. The van der Waals surface area contributed by atoms with Gasteiger partial charge in [-0.2, -0.15) is 0 Å². The van der Waals surface area contributed by atoms with E-state index in [9.17, 15) is 14.4 Å². The molecule has 1 saturated carbocycles. The molecule has 0 bridgehead atoms. The molecule has 25 heavy (non-hydrogen) atoms. The van der Waals surface area contributed by atoms with Gasteiger partial charge in [0.25, 0.3) is 0 Å². The Labute approximate surface area is 144 Å². The van der Waals surface area contributed by atoms with Crippen molar-refractivity contribution < 1.29 is 18.7 Å². The van der Waals surface area contributed by atoms with E-state index in [1.165, 1.54) is 11.7 Å². The summed E-state index contributed by atoms with van der Waals surface area (Å²) in [4.78, 5) is 36.5. The first kappa shape index (κ1) is 17.3. The number of aromatic nitrogens is 1. The highest BCUT2D eigenvalue weighted by Gasteiger charge is 2.41. The van der Waals surface area contributed by atoms with Gasteiger partial charge in [0.15, 0.2) is 5.58 Å². The summed E-state index contributed by atoms with van der Waals surface area (Å²) in [5.74, 6) is -1.16. The first-order valence-electron chi connectivity index (χ1n) is 8.53. The minimum atomic E-state index is -0.937. The lowest BCUT2D eigenvalue weighted by Crippen LogP contribution is -2.56. The molecule has 0 radical (unpaired) electrons. The molecule has 1 aromatic heterocycles. The molecule has 2 aromatic rings. The minimum absolute atomic E-state index is 0.0855. The number of fused-ring (bicyclic) bond motifs is 1. The highest BCUT2D eigenvalue weighted by atomic mass is 16.5. The lowest BCUT2D eigenvalue weighted by molar-refractivity contribution is -0.152. The number of carbonyl (C=O) groups excluding carboxylic acids is 2. The van der Waals surface area contributed by atoms with E-state index < -0.39 is 17.3 Å². The standard InChI is InChI=1S/C18H22N2O5/c1-24-16(22)18(10-5-2-6-11-18)19-15(21)9-12-20-13-7-3-4-8-14(13)25-17(20)23/h3-4,7-8H,2,5-6,9-12H2,1H3,(H,19,21). The van der Waals surface area contributed by atoms with Crippen LogP contribution in [0.2, 0.25) is 0 Å². The van der Waals surface area contributed by atoms with Crippen LogP contribution in [0.15, 0.2) is 33.5 Å². The van der Waals surface area contributed by atoms with Crippen molar-refractivity contribution in [1.29, 1.82) is 0 Å². The molecular formula is C18H22N2O5. The molecule has 1 N–H and O–H groups in total. The number of para-hydroxylation sites is 2. The van der Waals surface area contributed by atoms with E-state index in [0.29, 0.717) is 23.9 Å². The summed E-state index contributed by atoms with van der Waals surface area (Å²) in [7, 11) is 1.34. The second-order valence-electron chi connectivity index (χ2n) is 6.42. The minimum Gasteiger partial charge on any atom is -0.467 e. The van der Waals surface area contributed by atoms with Crippen molar-refractivity contribution >= 4 is 23.0 Å². The Morgan fingerprint density at radius 3 is 2.68 bits per heavy atom. The van der Waals surface area contributed by atoms with E-state index in [0.717, 1.165) is 19.3 Å². The van der Waals surface area contributed by atoms with Gasteiger partial charge in [-0.1, -0.05) is 31.4 Å². The number of ether oxygens (including phenoxy) is 1. The molecular weight excluding hydrogens is 324 g/mol. The van der Waals surface area contributed by atoms with Gasteiger partial charge < -0.3 is 14.5 Å². The average molecular weight is 346 g/mol. The van der Waals surface area contributed by atoms with E-state index in [1.807, 2.05) is 6.07 Å².